The molecule has 0 radical (unpaired) electrons. The van der Waals surface area contributed by atoms with Crippen LogP contribution in [0.25, 0.3) is 28.5 Å². The van der Waals surface area contributed by atoms with Crippen molar-refractivity contribution in [2.45, 2.75) is 0 Å². The van der Waals surface area contributed by atoms with Crippen molar-refractivity contribution in [2.24, 2.45) is 0 Å². The first-order valence-corrected chi connectivity index (χ1v) is 12.2. The molecule has 1 saturated heterocycles. The molecule has 2 N–H and O–H groups in total. The number of phenolic OH excluding ortho intramolecular Hbond substituents is 2. The van der Waals surface area contributed by atoms with Gasteiger partial charge in [0.15, 0.2) is 5.76 Å². The molecule has 0 atom stereocenters. The molecule has 4 aromatic rings. The number of anilines is 1. The Labute approximate surface area is 223 Å². The summed E-state index contributed by atoms with van der Waals surface area (Å²) >= 11 is 6.10. The lowest BCUT2D eigenvalue weighted by molar-refractivity contribution is -0.126. The van der Waals surface area contributed by atoms with E-state index >= 15 is 0 Å². The van der Waals surface area contributed by atoms with Crippen molar-refractivity contribution in [1.82, 2.24) is 20.0 Å². The van der Waals surface area contributed by atoms with Crippen LogP contribution in [0.4, 0.5) is 5.95 Å². The molecule has 1 aliphatic rings. The fourth-order valence-corrected chi connectivity index (χ4v) is 4.37. The van der Waals surface area contributed by atoms with Crippen molar-refractivity contribution in [1.29, 1.82) is 0 Å². The molecule has 194 valence electrons. The van der Waals surface area contributed by atoms with Crippen LogP contribution in [-0.4, -0.2) is 69.4 Å². The van der Waals surface area contributed by atoms with E-state index < -0.39 is 0 Å². The summed E-state index contributed by atoms with van der Waals surface area (Å²) in [5.41, 5.74) is 1.89. The molecule has 38 heavy (non-hydrogen) atoms. The van der Waals surface area contributed by atoms with Gasteiger partial charge in [0.25, 0.3) is 0 Å². The quantitative estimate of drug-likeness (QED) is 0.350. The fraction of sp³-hybridized carbons (Fsp3) is 0.185. The lowest BCUT2D eigenvalue weighted by Gasteiger charge is -2.34. The molecule has 0 unspecified atom stereocenters. The number of halogens is 1. The van der Waals surface area contributed by atoms with Crippen LogP contribution in [-0.2, 0) is 4.79 Å². The van der Waals surface area contributed by atoms with Gasteiger partial charge in [0, 0.05) is 50.7 Å². The second-order valence-electron chi connectivity index (χ2n) is 8.52. The summed E-state index contributed by atoms with van der Waals surface area (Å²) < 4.78 is 10.9. The van der Waals surface area contributed by atoms with Gasteiger partial charge in [-0.2, -0.15) is 0 Å². The Morgan fingerprint density at radius 2 is 1.76 bits per heavy atom. The number of aromatic hydroxyl groups is 2. The van der Waals surface area contributed by atoms with Gasteiger partial charge in [-0.3, -0.25) is 4.79 Å². The standard InChI is InChI=1S/C27H24ClN5O5/c1-37-18-5-3-17(4-6-18)25-21(31-38-26(25)19-15-20(28)23(35)16-22(19)34)7-8-24(36)32-11-13-33(14-12-32)27-29-9-2-10-30-27/h2-10,15-16,34-35H,11-14H2,1H3/b8-7+. The molecular formula is C27H24ClN5O5. The molecule has 0 saturated carbocycles. The van der Waals surface area contributed by atoms with E-state index in [4.69, 9.17) is 20.9 Å². The van der Waals surface area contributed by atoms with Crippen molar-refractivity contribution in [3.63, 3.8) is 0 Å². The Kier molecular flexibility index (Phi) is 7.14. The fourth-order valence-electron chi connectivity index (χ4n) is 4.21. The van der Waals surface area contributed by atoms with E-state index in [0.29, 0.717) is 54.7 Å². The van der Waals surface area contributed by atoms with E-state index in [9.17, 15) is 15.0 Å². The minimum absolute atomic E-state index is 0.0437. The van der Waals surface area contributed by atoms with Crippen molar-refractivity contribution < 1.29 is 24.3 Å². The van der Waals surface area contributed by atoms with Crippen LogP contribution in [0.2, 0.25) is 5.02 Å². The van der Waals surface area contributed by atoms with Gasteiger partial charge in [-0.05, 0) is 35.9 Å². The SMILES string of the molecule is COc1ccc(-c2c(/C=C/C(=O)N3CCN(c4ncccn4)CC3)noc2-c2cc(Cl)c(O)cc2O)cc1. The van der Waals surface area contributed by atoms with Gasteiger partial charge in [-0.15, -0.1) is 0 Å². The summed E-state index contributed by atoms with van der Waals surface area (Å²) in [7, 11) is 1.57. The van der Waals surface area contributed by atoms with Crippen molar-refractivity contribution in [3.8, 4) is 39.7 Å². The van der Waals surface area contributed by atoms with E-state index in [-0.39, 0.29) is 33.8 Å². The number of rotatable bonds is 6. The maximum Gasteiger partial charge on any atom is 0.246 e. The highest BCUT2D eigenvalue weighted by molar-refractivity contribution is 6.32. The molecule has 2 aromatic heterocycles. The minimum atomic E-state index is -0.261. The topological polar surface area (TPSA) is 125 Å². The monoisotopic (exact) mass is 533 g/mol. The zero-order valence-corrected chi connectivity index (χ0v) is 21.2. The van der Waals surface area contributed by atoms with Crippen LogP contribution in [0.3, 0.4) is 0 Å². The lowest BCUT2D eigenvalue weighted by atomic mass is 9.98. The molecule has 1 fully saturated rings. The maximum atomic E-state index is 13.0. The second-order valence-corrected chi connectivity index (χ2v) is 8.92. The number of carbonyl (C=O) groups excluding carboxylic acids is 1. The zero-order chi connectivity index (χ0) is 26.6. The molecule has 11 heteroatoms. The first kappa shape index (κ1) is 25.1. The Bertz CT molecular complexity index is 1470. The summed E-state index contributed by atoms with van der Waals surface area (Å²) in [6.45, 7) is 2.29. The van der Waals surface area contributed by atoms with Gasteiger partial charge in [0.2, 0.25) is 11.9 Å². The number of phenols is 2. The van der Waals surface area contributed by atoms with Crippen LogP contribution < -0.4 is 9.64 Å². The summed E-state index contributed by atoms with van der Waals surface area (Å²) in [4.78, 5) is 25.3. The van der Waals surface area contributed by atoms with E-state index in [1.54, 1.807) is 48.7 Å². The molecule has 10 nitrogen and oxygen atoms in total. The number of hydrogen-bond donors (Lipinski definition) is 2. The Morgan fingerprint density at radius 1 is 1.05 bits per heavy atom. The predicted octanol–water partition coefficient (Wildman–Crippen LogP) is 4.23. The van der Waals surface area contributed by atoms with E-state index in [1.165, 1.54) is 12.1 Å². The Morgan fingerprint density at radius 3 is 2.45 bits per heavy atom. The smallest absolute Gasteiger partial charge is 0.246 e. The molecule has 3 heterocycles. The van der Waals surface area contributed by atoms with Crippen LogP contribution in [0.5, 0.6) is 17.2 Å². The van der Waals surface area contributed by atoms with E-state index in [1.807, 2.05) is 17.0 Å². The number of hydrogen-bond acceptors (Lipinski definition) is 9. The molecule has 0 spiro atoms. The van der Waals surface area contributed by atoms with Crippen LogP contribution in [0.1, 0.15) is 5.69 Å². The second kappa shape index (κ2) is 10.8. The molecule has 2 aromatic carbocycles. The zero-order valence-electron chi connectivity index (χ0n) is 20.4. The number of carbonyl (C=O) groups is 1. The van der Waals surface area contributed by atoms with Crippen molar-refractivity contribution >= 4 is 29.5 Å². The summed E-state index contributed by atoms with van der Waals surface area (Å²) in [5, 5.41) is 24.6. The first-order valence-electron chi connectivity index (χ1n) is 11.8. The summed E-state index contributed by atoms with van der Waals surface area (Å²) in [6, 6.07) is 11.5. The first-order chi connectivity index (χ1) is 18.4. The third kappa shape index (κ3) is 5.12. The highest BCUT2D eigenvalue weighted by Crippen LogP contribution is 2.43. The minimum Gasteiger partial charge on any atom is -0.507 e. The van der Waals surface area contributed by atoms with Gasteiger partial charge >= 0.3 is 0 Å². The van der Waals surface area contributed by atoms with Gasteiger partial charge in [-0.1, -0.05) is 28.9 Å². The maximum absolute atomic E-state index is 13.0. The third-order valence-electron chi connectivity index (χ3n) is 6.22. The van der Waals surface area contributed by atoms with Crippen molar-refractivity contribution in [3.05, 3.63) is 71.7 Å². The molecule has 0 bridgehead atoms. The molecular weight excluding hydrogens is 510 g/mol. The Hall–Kier alpha value is -4.57. The van der Waals surface area contributed by atoms with Gasteiger partial charge in [0.1, 0.15) is 22.9 Å². The van der Waals surface area contributed by atoms with Gasteiger partial charge in [-0.25, -0.2) is 9.97 Å². The predicted molar refractivity (Wildman–Crippen MR) is 142 cm³/mol. The number of benzene rings is 2. The molecule has 5 rings (SSSR count). The molecule has 0 aliphatic carbocycles. The summed E-state index contributed by atoms with van der Waals surface area (Å²) in [6.07, 6.45) is 6.43. The summed E-state index contributed by atoms with van der Waals surface area (Å²) in [5.74, 6) is 0.881. The van der Waals surface area contributed by atoms with Gasteiger partial charge in [0.05, 0.1) is 23.3 Å². The van der Waals surface area contributed by atoms with Gasteiger partial charge < -0.3 is 29.3 Å². The number of methoxy groups -OCH3 is 1. The van der Waals surface area contributed by atoms with Crippen LogP contribution in [0, 0.1) is 0 Å². The van der Waals surface area contributed by atoms with Crippen LogP contribution >= 0.6 is 11.6 Å². The average molecular weight is 534 g/mol. The number of ether oxygens (including phenoxy) is 1. The molecule has 1 aliphatic heterocycles. The van der Waals surface area contributed by atoms with Crippen LogP contribution in [0.15, 0.2) is 65.5 Å². The highest BCUT2D eigenvalue weighted by atomic mass is 35.5. The average Bonchev–Trinajstić information content (AvgIpc) is 3.38. The normalized spacial score (nSPS) is 13.7. The number of amides is 1. The number of piperazine rings is 1. The van der Waals surface area contributed by atoms with E-state index in [0.717, 1.165) is 6.07 Å². The number of aromatic nitrogens is 3. The number of nitrogens with zero attached hydrogens (tertiary/aromatic N) is 5. The lowest BCUT2D eigenvalue weighted by Crippen LogP contribution is -2.48. The molecule has 1 amide bonds. The third-order valence-corrected chi connectivity index (χ3v) is 6.52. The van der Waals surface area contributed by atoms with Crippen molar-refractivity contribution in [2.75, 3.05) is 38.2 Å². The highest BCUT2D eigenvalue weighted by Gasteiger charge is 2.24. The Balaban J connectivity index is 1.42. The largest absolute Gasteiger partial charge is 0.507 e. The van der Waals surface area contributed by atoms with E-state index in [2.05, 4.69) is 15.1 Å².